The molecule has 13 heteroatoms. The number of thiophene rings is 1. The zero-order valence-electron chi connectivity index (χ0n) is 18.4. The van der Waals surface area contributed by atoms with Crippen molar-refractivity contribution < 1.29 is 14.5 Å². The van der Waals surface area contributed by atoms with Crippen molar-refractivity contribution in [2.45, 2.75) is 0 Å². The van der Waals surface area contributed by atoms with Crippen LogP contribution in [-0.4, -0.2) is 26.9 Å². The molecule has 0 saturated carbocycles. The summed E-state index contributed by atoms with van der Waals surface area (Å²) in [5, 5.41) is 26.6. The van der Waals surface area contributed by atoms with Crippen molar-refractivity contribution in [3.63, 3.8) is 0 Å². The number of para-hydroxylation sites is 1. The molecule has 5 rings (SSSR count). The first-order valence-electron chi connectivity index (χ1n) is 10.5. The van der Waals surface area contributed by atoms with E-state index in [-0.39, 0.29) is 22.1 Å². The third kappa shape index (κ3) is 5.16. The molecule has 5 aromatic rings. The molecule has 3 aromatic carbocycles. The smallest absolute Gasteiger partial charge is 0.269 e. The number of carbonyl (C=O) groups excluding carboxylic acids is 2. The Morgan fingerprint density at radius 2 is 1.65 bits per heavy atom. The Hall–Kier alpha value is -3.90. The summed E-state index contributed by atoms with van der Waals surface area (Å²) in [6, 6.07) is 17.6. The van der Waals surface area contributed by atoms with Crippen LogP contribution in [0.15, 0.2) is 66.7 Å². The van der Waals surface area contributed by atoms with Gasteiger partial charge < -0.3 is 5.32 Å². The molecule has 37 heavy (non-hydrogen) atoms. The van der Waals surface area contributed by atoms with Crippen molar-refractivity contribution in [2.75, 3.05) is 10.6 Å². The van der Waals surface area contributed by atoms with Gasteiger partial charge in [0.15, 0.2) is 0 Å². The van der Waals surface area contributed by atoms with Gasteiger partial charge in [-0.3, -0.25) is 25.0 Å². The maximum Gasteiger partial charge on any atom is 0.269 e. The zero-order valence-corrected chi connectivity index (χ0v) is 21.5. The lowest BCUT2D eigenvalue weighted by Crippen LogP contribution is -2.17. The van der Waals surface area contributed by atoms with E-state index in [1.54, 1.807) is 54.6 Å². The first kappa shape index (κ1) is 24.8. The molecular formula is C24H13Cl2N5O4S2. The number of nitrogens with zero attached hydrogens (tertiary/aromatic N) is 3. The number of hydrogen-bond acceptors (Lipinski definition) is 8. The lowest BCUT2D eigenvalue weighted by molar-refractivity contribution is -0.384. The number of non-ortho nitro benzene ring substituents is 1. The van der Waals surface area contributed by atoms with Crippen molar-refractivity contribution in [3.05, 3.63) is 97.3 Å². The minimum absolute atomic E-state index is 0.0406. The second-order valence-electron chi connectivity index (χ2n) is 7.56. The zero-order chi connectivity index (χ0) is 26.1. The number of carbonyl (C=O) groups is 2. The molecule has 0 bridgehead atoms. The van der Waals surface area contributed by atoms with E-state index < -0.39 is 16.7 Å². The van der Waals surface area contributed by atoms with Gasteiger partial charge in [-0.2, -0.15) is 0 Å². The van der Waals surface area contributed by atoms with Gasteiger partial charge in [0.1, 0.15) is 9.88 Å². The number of fused-ring (bicyclic) bond motifs is 1. The van der Waals surface area contributed by atoms with Gasteiger partial charge >= 0.3 is 0 Å². The molecule has 0 aliphatic heterocycles. The lowest BCUT2D eigenvalue weighted by Gasteiger charge is -2.10. The predicted molar refractivity (Wildman–Crippen MR) is 146 cm³/mol. The van der Waals surface area contributed by atoms with Crippen molar-refractivity contribution >= 4 is 84.3 Å². The maximum atomic E-state index is 13.0. The second kappa shape index (κ2) is 10.2. The summed E-state index contributed by atoms with van der Waals surface area (Å²) in [5.41, 5.74) is 1.08. The molecule has 2 heterocycles. The summed E-state index contributed by atoms with van der Waals surface area (Å²) in [4.78, 5) is 36.7. The summed E-state index contributed by atoms with van der Waals surface area (Å²) in [7, 11) is 0. The summed E-state index contributed by atoms with van der Waals surface area (Å²) < 4.78 is 0.772. The van der Waals surface area contributed by atoms with Crippen molar-refractivity contribution in [1.82, 2.24) is 10.2 Å². The van der Waals surface area contributed by atoms with E-state index in [0.29, 0.717) is 30.9 Å². The number of hydrogen-bond donors (Lipinski definition) is 2. The summed E-state index contributed by atoms with van der Waals surface area (Å²) in [5.74, 6) is -0.963. The summed E-state index contributed by atoms with van der Waals surface area (Å²) in [6.45, 7) is 0. The van der Waals surface area contributed by atoms with Crippen LogP contribution in [0.1, 0.15) is 20.0 Å². The monoisotopic (exact) mass is 569 g/mol. The van der Waals surface area contributed by atoms with Gasteiger partial charge in [0.05, 0.1) is 21.2 Å². The molecule has 0 fully saturated rings. The molecule has 0 unspecified atom stereocenters. The van der Waals surface area contributed by atoms with E-state index in [2.05, 4.69) is 20.8 Å². The maximum absolute atomic E-state index is 13.0. The van der Waals surface area contributed by atoms with Crippen molar-refractivity contribution in [2.24, 2.45) is 0 Å². The molecule has 0 aliphatic carbocycles. The summed E-state index contributed by atoms with van der Waals surface area (Å²) >= 11 is 14.8. The molecule has 0 spiro atoms. The Labute approximate surface area is 226 Å². The number of aromatic nitrogens is 2. The van der Waals surface area contributed by atoms with Crippen LogP contribution in [-0.2, 0) is 0 Å². The number of nitro benzene ring substituents is 1. The number of benzene rings is 3. The molecule has 2 amide bonds. The van der Waals surface area contributed by atoms with E-state index in [9.17, 15) is 19.7 Å². The first-order valence-corrected chi connectivity index (χ1v) is 12.9. The Kier molecular flexibility index (Phi) is 6.85. The van der Waals surface area contributed by atoms with Gasteiger partial charge in [-0.25, -0.2) is 0 Å². The molecular weight excluding hydrogens is 557 g/mol. The number of nitro groups is 1. The van der Waals surface area contributed by atoms with Crippen LogP contribution in [0, 0.1) is 10.1 Å². The highest BCUT2D eigenvalue weighted by Gasteiger charge is 2.21. The van der Waals surface area contributed by atoms with Gasteiger partial charge in [0.2, 0.25) is 5.13 Å². The van der Waals surface area contributed by atoms with E-state index in [1.165, 1.54) is 23.5 Å². The molecule has 184 valence electrons. The molecule has 0 saturated heterocycles. The SMILES string of the molecule is O=C(Nc1nnc(-c2ccc([N+](=O)[O-])cc2)s1)c1ccccc1NC(=O)c1sc2cc(Cl)ccc2c1Cl. The van der Waals surface area contributed by atoms with E-state index in [0.717, 1.165) is 16.0 Å². The first-order chi connectivity index (χ1) is 17.8. The topological polar surface area (TPSA) is 127 Å². The molecule has 0 radical (unpaired) electrons. The minimum atomic E-state index is -0.503. The van der Waals surface area contributed by atoms with Crippen LogP contribution in [0.2, 0.25) is 10.0 Å². The van der Waals surface area contributed by atoms with Crippen LogP contribution in [0.25, 0.3) is 20.7 Å². The van der Waals surface area contributed by atoms with Gasteiger partial charge in [0.25, 0.3) is 17.5 Å². The predicted octanol–water partition coefficient (Wildman–Crippen LogP) is 7.14. The van der Waals surface area contributed by atoms with Crippen LogP contribution >= 0.6 is 45.9 Å². The van der Waals surface area contributed by atoms with Gasteiger partial charge in [-0.1, -0.05) is 52.7 Å². The Bertz CT molecular complexity index is 1680. The van der Waals surface area contributed by atoms with Crippen molar-refractivity contribution in [3.8, 4) is 10.6 Å². The molecule has 0 atom stereocenters. The average molecular weight is 570 g/mol. The fourth-order valence-electron chi connectivity index (χ4n) is 3.43. The molecule has 2 N–H and O–H groups in total. The van der Waals surface area contributed by atoms with Gasteiger partial charge in [-0.05, 0) is 36.4 Å². The minimum Gasteiger partial charge on any atom is -0.320 e. The van der Waals surface area contributed by atoms with Crippen LogP contribution < -0.4 is 10.6 Å². The number of rotatable bonds is 6. The normalized spacial score (nSPS) is 10.9. The molecule has 9 nitrogen and oxygen atoms in total. The van der Waals surface area contributed by atoms with Crippen LogP contribution in [0.4, 0.5) is 16.5 Å². The van der Waals surface area contributed by atoms with Crippen LogP contribution in [0.5, 0.6) is 0 Å². The lowest BCUT2D eigenvalue weighted by atomic mass is 10.1. The number of anilines is 2. The van der Waals surface area contributed by atoms with E-state index in [4.69, 9.17) is 23.2 Å². The number of halogens is 2. The standard InChI is InChI=1S/C24H13Cl2N5O4S2/c25-13-7-10-16-18(11-13)36-20(19(16)26)22(33)27-17-4-2-1-3-15(17)21(32)28-24-30-29-23(37-24)12-5-8-14(9-6-12)31(34)35/h1-11H,(H,27,33)(H,28,30,32). The highest BCUT2D eigenvalue weighted by atomic mass is 35.5. The fraction of sp³-hybridized carbons (Fsp3) is 0. The molecule has 0 aliphatic rings. The number of amides is 2. The van der Waals surface area contributed by atoms with Gasteiger partial charge in [-0.15, -0.1) is 21.5 Å². The molecule has 2 aromatic heterocycles. The van der Waals surface area contributed by atoms with E-state index >= 15 is 0 Å². The second-order valence-corrected chi connectivity index (χ2v) is 10.4. The average Bonchev–Trinajstić information content (AvgIpc) is 3.48. The van der Waals surface area contributed by atoms with Crippen molar-refractivity contribution in [1.29, 1.82) is 0 Å². The van der Waals surface area contributed by atoms with Crippen LogP contribution in [0.3, 0.4) is 0 Å². The largest absolute Gasteiger partial charge is 0.320 e. The number of nitrogens with one attached hydrogen (secondary N) is 2. The fourth-order valence-corrected chi connectivity index (χ4v) is 5.87. The highest BCUT2D eigenvalue weighted by molar-refractivity contribution is 7.21. The third-order valence-electron chi connectivity index (χ3n) is 5.19. The third-order valence-corrected chi connectivity index (χ3v) is 7.97. The Morgan fingerprint density at radius 1 is 0.892 bits per heavy atom. The highest BCUT2D eigenvalue weighted by Crippen LogP contribution is 2.37. The summed E-state index contributed by atoms with van der Waals surface area (Å²) in [6.07, 6.45) is 0. The van der Waals surface area contributed by atoms with Gasteiger partial charge in [0, 0.05) is 32.8 Å². The quantitative estimate of drug-likeness (QED) is 0.165. The Balaban J connectivity index is 1.34. The Morgan fingerprint density at radius 3 is 2.41 bits per heavy atom. The van der Waals surface area contributed by atoms with E-state index in [1.807, 2.05) is 0 Å².